The standard InChI is InChI=1S/C26H21N5O2/c1-16-13-17(2)22-20(14-16)24(26(33)27-22)28-29-25(32)21-15-31(19-11-7-4-8-12-19)30-23(21)18-9-5-3-6-10-18/h3-15,27,33H,1-2H3. The fraction of sp³-hybridized carbons (Fsp3) is 0.0769. The van der Waals surface area contributed by atoms with E-state index in [4.69, 9.17) is 0 Å². The van der Waals surface area contributed by atoms with Crippen molar-refractivity contribution in [1.82, 2.24) is 14.8 Å². The van der Waals surface area contributed by atoms with Crippen molar-refractivity contribution in [1.29, 1.82) is 0 Å². The van der Waals surface area contributed by atoms with Crippen LogP contribution in [0.5, 0.6) is 5.88 Å². The lowest BCUT2D eigenvalue weighted by molar-refractivity contribution is 0.0995. The maximum atomic E-state index is 13.2. The van der Waals surface area contributed by atoms with E-state index >= 15 is 0 Å². The first-order valence-electron chi connectivity index (χ1n) is 10.5. The zero-order valence-electron chi connectivity index (χ0n) is 18.1. The summed E-state index contributed by atoms with van der Waals surface area (Å²) in [7, 11) is 0. The number of aromatic nitrogens is 3. The molecule has 2 N–H and O–H groups in total. The molecule has 0 saturated carbocycles. The Bertz CT molecular complexity index is 1500. The van der Waals surface area contributed by atoms with Crippen LogP contribution in [0, 0.1) is 13.8 Å². The van der Waals surface area contributed by atoms with Crippen LogP contribution < -0.4 is 0 Å². The third-order valence-electron chi connectivity index (χ3n) is 5.46. The topological polar surface area (TPSA) is 95.6 Å². The minimum absolute atomic E-state index is 0.126. The molecule has 1 amide bonds. The molecule has 0 saturated heterocycles. The second-order valence-electron chi connectivity index (χ2n) is 7.87. The summed E-state index contributed by atoms with van der Waals surface area (Å²) in [6.07, 6.45) is 1.66. The normalized spacial score (nSPS) is 11.5. The molecule has 2 heterocycles. The van der Waals surface area contributed by atoms with Crippen molar-refractivity contribution < 1.29 is 9.90 Å². The molecule has 5 aromatic rings. The monoisotopic (exact) mass is 435 g/mol. The number of nitrogens with zero attached hydrogens (tertiary/aromatic N) is 4. The number of azo groups is 1. The van der Waals surface area contributed by atoms with Gasteiger partial charge >= 0.3 is 0 Å². The quantitative estimate of drug-likeness (QED) is 0.326. The van der Waals surface area contributed by atoms with Crippen LogP contribution in [-0.4, -0.2) is 25.8 Å². The van der Waals surface area contributed by atoms with Gasteiger partial charge in [-0.1, -0.05) is 60.2 Å². The molecule has 2 aromatic heterocycles. The number of aromatic amines is 1. The molecule has 0 radical (unpaired) electrons. The number of hydrogen-bond donors (Lipinski definition) is 2. The number of rotatable bonds is 4. The van der Waals surface area contributed by atoms with Gasteiger partial charge in [0, 0.05) is 17.1 Å². The number of H-pyrrole nitrogens is 1. The highest BCUT2D eigenvalue weighted by Gasteiger charge is 2.19. The van der Waals surface area contributed by atoms with Gasteiger partial charge < -0.3 is 10.1 Å². The lowest BCUT2D eigenvalue weighted by Gasteiger charge is -2.00. The van der Waals surface area contributed by atoms with Gasteiger partial charge in [0.25, 0.3) is 5.91 Å². The number of carbonyl (C=O) groups is 1. The molecular formula is C26H21N5O2. The first-order valence-corrected chi connectivity index (χ1v) is 10.5. The van der Waals surface area contributed by atoms with Gasteiger partial charge in [-0.25, -0.2) is 4.68 Å². The Morgan fingerprint density at radius 3 is 2.42 bits per heavy atom. The van der Waals surface area contributed by atoms with Crippen LogP contribution in [-0.2, 0) is 0 Å². The second-order valence-corrected chi connectivity index (χ2v) is 7.87. The van der Waals surface area contributed by atoms with E-state index in [-0.39, 0.29) is 11.6 Å². The fourth-order valence-electron chi connectivity index (χ4n) is 3.93. The molecule has 33 heavy (non-hydrogen) atoms. The zero-order valence-corrected chi connectivity index (χ0v) is 18.1. The zero-order chi connectivity index (χ0) is 22.9. The molecule has 5 rings (SSSR count). The minimum Gasteiger partial charge on any atom is -0.493 e. The third kappa shape index (κ3) is 3.80. The molecule has 162 valence electrons. The first-order chi connectivity index (χ1) is 16.0. The third-order valence-corrected chi connectivity index (χ3v) is 5.46. The molecule has 3 aromatic carbocycles. The molecule has 0 bridgehead atoms. The molecule has 0 spiro atoms. The van der Waals surface area contributed by atoms with Gasteiger partial charge in [-0.3, -0.25) is 4.79 Å². The van der Waals surface area contributed by atoms with E-state index in [1.54, 1.807) is 10.9 Å². The molecule has 0 unspecified atom stereocenters. The van der Waals surface area contributed by atoms with E-state index in [2.05, 4.69) is 20.3 Å². The van der Waals surface area contributed by atoms with Crippen LogP contribution in [0.3, 0.4) is 0 Å². The number of carbonyl (C=O) groups excluding carboxylic acids is 1. The van der Waals surface area contributed by atoms with Gasteiger partial charge in [-0.2, -0.15) is 5.10 Å². The predicted octanol–water partition coefficient (Wildman–Crippen LogP) is 6.27. The number of nitrogens with one attached hydrogen (secondary N) is 1. The van der Waals surface area contributed by atoms with Crippen molar-refractivity contribution >= 4 is 22.5 Å². The molecular weight excluding hydrogens is 414 g/mol. The molecule has 0 aliphatic heterocycles. The van der Waals surface area contributed by atoms with Crippen molar-refractivity contribution in [2.45, 2.75) is 13.8 Å². The highest BCUT2D eigenvalue weighted by atomic mass is 16.3. The van der Waals surface area contributed by atoms with Crippen LogP contribution >= 0.6 is 0 Å². The first kappa shape index (κ1) is 20.4. The Labute approximate surface area is 190 Å². The Morgan fingerprint density at radius 1 is 1.00 bits per heavy atom. The largest absolute Gasteiger partial charge is 0.493 e. The number of aromatic hydroxyl groups is 1. The highest BCUT2D eigenvalue weighted by molar-refractivity contribution is 6.01. The predicted molar refractivity (Wildman–Crippen MR) is 127 cm³/mol. The highest BCUT2D eigenvalue weighted by Crippen LogP contribution is 2.37. The van der Waals surface area contributed by atoms with Crippen molar-refractivity contribution in [2.75, 3.05) is 0 Å². The number of fused-ring (bicyclic) bond motifs is 1. The molecule has 7 nitrogen and oxygen atoms in total. The summed E-state index contributed by atoms with van der Waals surface area (Å²) in [5.74, 6) is -0.673. The van der Waals surface area contributed by atoms with Crippen molar-refractivity contribution in [3.63, 3.8) is 0 Å². The van der Waals surface area contributed by atoms with Crippen molar-refractivity contribution in [3.8, 4) is 22.8 Å². The van der Waals surface area contributed by atoms with Crippen molar-refractivity contribution in [2.24, 2.45) is 10.2 Å². The lowest BCUT2D eigenvalue weighted by atomic mass is 10.1. The number of hydrogen-bond acceptors (Lipinski definition) is 4. The van der Waals surface area contributed by atoms with E-state index in [0.29, 0.717) is 16.6 Å². The van der Waals surface area contributed by atoms with E-state index < -0.39 is 5.91 Å². The van der Waals surface area contributed by atoms with Crippen LogP contribution in [0.2, 0.25) is 0 Å². The summed E-state index contributed by atoms with van der Waals surface area (Å²) in [6, 6.07) is 22.9. The van der Waals surface area contributed by atoms with E-state index in [9.17, 15) is 9.90 Å². The van der Waals surface area contributed by atoms with Gasteiger partial charge in [0.05, 0.1) is 16.8 Å². The fourth-order valence-corrected chi connectivity index (χ4v) is 3.93. The summed E-state index contributed by atoms with van der Waals surface area (Å²) >= 11 is 0. The minimum atomic E-state index is -0.547. The van der Waals surface area contributed by atoms with Crippen LogP contribution in [0.25, 0.3) is 27.8 Å². The molecule has 7 heteroatoms. The Morgan fingerprint density at radius 2 is 1.70 bits per heavy atom. The number of aryl methyl sites for hydroxylation is 2. The Balaban J connectivity index is 1.58. The van der Waals surface area contributed by atoms with Gasteiger partial charge in [-0.15, -0.1) is 10.2 Å². The second kappa shape index (κ2) is 8.20. The van der Waals surface area contributed by atoms with E-state index in [1.807, 2.05) is 86.6 Å². The molecule has 0 aliphatic rings. The smallest absolute Gasteiger partial charge is 0.299 e. The van der Waals surface area contributed by atoms with Gasteiger partial charge in [0.2, 0.25) is 5.88 Å². The van der Waals surface area contributed by atoms with Crippen LogP contribution in [0.4, 0.5) is 5.69 Å². The summed E-state index contributed by atoms with van der Waals surface area (Å²) in [4.78, 5) is 16.1. The number of benzene rings is 3. The molecule has 0 aliphatic carbocycles. The van der Waals surface area contributed by atoms with Crippen molar-refractivity contribution in [3.05, 3.63) is 95.7 Å². The van der Waals surface area contributed by atoms with Gasteiger partial charge in [0.15, 0.2) is 5.69 Å². The molecule has 0 atom stereocenters. The lowest BCUT2D eigenvalue weighted by Crippen LogP contribution is -1.94. The number of para-hydroxylation sites is 1. The summed E-state index contributed by atoms with van der Waals surface area (Å²) in [5.41, 5.74) is 5.46. The van der Waals surface area contributed by atoms with E-state index in [0.717, 1.165) is 27.9 Å². The maximum absolute atomic E-state index is 13.2. The van der Waals surface area contributed by atoms with Crippen LogP contribution in [0.15, 0.2) is 89.2 Å². The van der Waals surface area contributed by atoms with Gasteiger partial charge in [-0.05, 0) is 37.6 Å². The SMILES string of the molecule is Cc1cc(C)c2[nH]c(O)c(N=NC(=O)c3cn(-c4ccccc4)nc3-c3ccccc3)c2c1. The average Bonchev–Trinajstić information content (AvgIpc) is 3.41. The molecule has 0 fully saturated rings. The average molecular weight is 435 g/mol. The van der Waals surface area contributed by atoms with Crippen LogP contribution in [0.1, 0.15) is 21.5 Å². The maximum Gasteiger partial charge on any atom is 0.299 e. The summed E-state index contributed by atoms with van der Waals surface area (Å²) in [5, 5.41) is 23.8. The Kier molecular flexibility index (Phi) is 5.06. The summed E-state index contributed by atoms with van der Waals surface area (Å²) in [6.45, 7) is 3.91. The summed E-state index contributed by atoms with van der Waals surface area (Å²) < 4.78 is 1.65. The number of amides is 1. The van der Waals surface area contributed by atoms with Gasteiger partial charge in [0.1, 0.15) is 5.69 Å². The Hall–Kier alpha value is -4.52. The van der Waals surface area contributed by atoms with E-state index in [1.165, 1.54) is 0 Å².